The van der Waals surface area contributed by atoms with Crippen molar-refractivity contribution in [2.24, 2.45) is 0 Å². The average Bonchev–Trinajstić information content (AvgIpc) is 2.41. The Morgan fingerprint density at radius 3 is 2.79 bits per heavy atom. The summed E-state index contributed by atoms with van der Waals surface area (Å²) in [5.74, 6) is 0.783. The molecule has 5 heteroatoms. The van der Waals surface area contributed by atoms with E-state index in [0.717, 1.165) is 29.7 Å². The molecule has 2 N–H and O–H groups in total. The van der Waals surface area contributed by atoms with E-state index in [1.807, 2.05) is 24.3 Å². The van der Waals surface area contributed by atoms with Gasteiger partial charge in [0.1, 0.15) is 5.75 Å². The van der Waals surface area contributed by atoms with E-state index < -0.39 is 0 Å². The Hall–Kier alpha value is -1.07. The summed E-state index contributed by atoms with van der Waals surface area (Å²) in [7, 11) is 0. The van der Waals surface area contributed by atoms with Crippen LogP contribution in [0, 0.1) is 0 Å². The van der Waals surface area contributed by atoms with Gasteiger partial charge in [-0.2, -0.15) is 0 Å². The number of ether oxygens (including phenoxy) is 1. The summed E-state index contributed by atoms with van der Waals surface area (Å²) in [4.78, 5) is 11.5. The Labute approximate surface area is 123 Å². The molecule has 0 aromatic heterocycles. The lowest BCUT2D eigenvalue weighted by molar-refractivity contribution is -0.121. The smallest absolute Gasteiger partial charge is 0.223 e. The minimum Gasteiger partial charge on any atom is -0.492 e. The van der Waals surface area contributed by atoms with Gasteiger partial charge in [0.15, 0.2) is 0 Å². The van der Waals surface area contributed by atoms with Crippen LogP contribution < -0.4 is 15.4 Å². The van der Waals surface area contributed by atoms with Crippen LogP contribution in [0.5, 0.6) is 5.75 Å². The Kier molecular flexibility index (Phi) is 8.25. The van der Waals surface area contributed by atoms with Gasteiger partial charge < -0.3 is 15.4 Å². The predicted octanol–water partition coefficient (Wildman–Crippen LogP) is 2.33. The Morgan fingerprint density at radius 1 is 1.26 bits per heavy atom. The number of nitrogens with one attached hydrogen (secondary N) is 2. The molecule has 0 heterocycles. The molecule has 0 radical (unpaired) electrons. The third-order valence-electron chi connectivity index (χ3n) is 2.47. The second-order valence-corrected chi connectivity index (χ2v) is 4.98. The van der Waals surface area contributed by atoms with Crippen molar-refractivity contribution in [2.45, 2.75) is 19.8 Å². The lowest BCUT2D eigenvalue weighted by Crippen LogP contribution is -2.32. The van der Waals surface area contributed by atoms with Gasteiger partial charge in [-0.25, -0.2) is 0 Å². The van der Waals surface area contributed by atoms with Crippen molar-refractivity contribution in [2.75, 3.05) is 26.2 Å². The van der Waals surface area contributed by atoms with E-state index in [2.05, 4.69) is 33.5 Å². The fraction of sp³-hybridized carbons (Fsp3) is 0.500. The maximum Gasteiger partial charge on any atom is 0.223 e. The predicted molar refractivity (Wildman–Crippen MR) is 80.4 cm³/mol. The molecule has 0 fully saturated rings. The van der Waals surface area contributed by atoms with Crippen molar-refractivity contribution in [3.63, 3.8) is 0 Å². The molecule has 0 aliphatic carbocycles. The van der Waals surface area contributed by atoms with E-state index in [4.69, 9.17) is 4.74 Å². The zero-order chi connectivity index (χ0) is 13.9. The zero-order valence-electron chi connectivity index (χ0n) is 11.2. The first-order valence-corrected chi connectivity index (χ1v) is 7.38. The molecule has 1 aromatic rings. The number of hydrogen-bond acceptors (Lipinski definition) is 3. The second kappa shape index (κ2) is 9.81. The molecule has 0 saturated heterocycles. The zero-order valence-corrected chi connectivity index (χ0v) is 12.8. The molecule has 0 aliphatic heterocycles. The third-order valence-corrected chi connectivity index (χ3v) is 3.13. The number of amides is 1. The van der Waals surface area contributed by atoms with Crippen molar-refractivity contribution < 1.29 is 9.53 Å². The van der Waals surface area contributed by atoms with Crippen molar-refractivity contribution in [3.8, 4) is 5.75 Å². The highest BCUT2D eigenvalue weighted by Gasteiger charge is 2.03. The summed E-state index contributed by atoms with van der Waals surface area (Å²) in [6.07, 6.45) is 1.48. The number of halogens is 1. The molecule has 4 nitrogen and oxygen atoms in total. The van der Waals surface area contributed by atoms with E-state index in [9.17, 15) is 4.79 Å². The maximum atomic E-state index is 11.5. The fourth-order valence-electron chi connectivity index (χ4n) is 1.50. The molecule has 1 amide bonds. The van der Waals surface area contributed by atoms with E-state index in [1.54, 1.807) is 0 Å². The van der Waals surface area contributed by atoms with Crippen LogP contribution in [0.15, 0.2) is 28.7 Å². The van der Waals surface area contributed by atoms with Gasteiger partial charge in [-0.05, 0) is 41.0 Å². The standard InChI is InChI=1S/C14H21BrN2O2/c1-2-8-16-9-10-17-14(18)7-11-19-13-6-4-3-5-12(13)15/h3-6,16H,2,7-11H2,1H3,(H,17,18). The molecular formula is C14H21BrN2O2. The molecule has 106 valence electrons. The van der Waals surface area contributed by atoms with Gasteiger partial charge in [0.05, 0.1) is 17.5 Å². The summed E-state index contributed by atoms with van der Waals surface area (Å²) < 4.78 is 6.43. The van der Waals surface area contributed by atoms with Crippen LogP contribution in [0.4, 0.5) is 0 Å². The molecule has 0 atom stereocenters. The summed E-state index contributed by atoms with van der Waals surface area (Å²) in [5.41, 5.74) is 0. The first kappa shape index (κ1) is 16.0. The van der Waals surface area contributed by atoms with Crippen molar-refractivity contribution in [3.05, 3.63) is 28.7 Å². The first-order valence-electron chi connectivity index (χ1n) is 6.58. The number of hydrogen-bond donors (Lipinski definition) is 2. The second-order valence-electron chi connectivity index (χ2n) is 4.13. The molecule has 0 unspecified atom stereocenters. The van der Waals surface area contributed by atoms with Gasteiger partial charge in [-0.1, -0.05) is 19.1 Å². The Balaban J connectivity index is 2.09. The van der Waals surface area contributed by atoms with Gasteiger partial charge in [0, 0.05) is 13.1 Å². The highest BCUT2D eigenvalue weighted by molar-refractivity contribution is 9.10. The van der Waals surface area contributed by atoms with Gasteiger partial charge in [-0.15, -0.1) is 0 Å². The van der Waals surface area contributed by atoms with Crippen LogP contribution >= 0.6 is 15.9 Å². The van der Waals surface area contributed by atoms with E-state index in [-0.39, 0.29) is 5.91 Å². The highest BCUT2D eigenvalue weighted by atomic mass is 79.9. The quantitative estimate of drug-likeness (QED) is 0.684. The van der Waals surface area contributed by atoms with Gasteiger partial charge in [-0.3, -0.25) is 4.79 Å². The van der Waals surface area contributed by atoms with E-state index >= 15 is 0 Å². The van der Waals surface area contributed by atoms with Crippen LogP contribution in [0.1, 0.15) is 19.8 Å². The average molecular weight is 329 g/mol. The minimum atomic E-state index is 0.0188. The minimum absolute atomic E-state index is 0.0188. The molecular weight excluding hydrogens is 308 g/mol. The lowest BCUT2D eigenvalue weighted by atomic mass is 10.3. The first-order chi connectivity index (χ1) is 9.24. The SMILES string of the molecule is CCCNCCNC(=O)CCOc1ccccc1Br. The normalized spacial score (nSPS) is 10.2. The van der Waals surface area contributed by atoms with Crippen molar-refractivity contribution >= 4 is 21.8 Å². The topological polar surface area (TPSA) is 50.4 Å². The molecule has 1 aromatic carbocycles. The summed E-state index contributed by atoms with van der Waals surface area (Å²) in [6.45, 7) is 4.96. The number of carbonyl (C=O) groups is 1. The summed E-state index contributed by atoms with van der Waals surface area (Å²) >= 11 is 3.40. The molecule has 0 spiro atoms. The highest BCUT2D eigenvalue weighted by Crippen LogP contribution is 2.23. The maximum absolute atomic E-state index is 11.5. The molecule has 19 heavy (non-hydrogen) atoms. The monoisotopic (exact) mass is 328 g/mol. The fourth-order valence-corrected chi connectivity index (χ4v) is 1.90. The molecule has 1 rings (SSSR count). The van der Waals surface area contributed by atoms with E-state index in [1.165, 1.54) is 0 Å². The number of para-hydroxylation sites is 1. The van der Waals surface area contributed by atoms with Gasteiger partial charge >= 0.3 is 0 Å². The lowest BCUT2D eigenvalue weighted by Gasteiger charge is -2.08. The van der Waals surface area contributed by atoms with Crippen LogP contribution in [0.3, 0.4) is 0 Å². The van der Waals surface area contributed by atoms with Crippen LogP contribution in [-0.4, -0.2) is 32.1 Å². The molecule has 0 saturated carbocycles. The Bertz CT molecular complexity index is 385. The van der Waals surface area contributed by atoms with Crippen LogP contribution in [0.2, 0.25) is 0 Å². The van der Waals surface area contributed by atoms with Crippen LogP contribution in [-0.2, 0) is 4.79 Å². The largest absolute Gasteiger partial charge is 0.492 e. The van der Waals surface area contributed by atoms with E-state index in [0.29, 0.717) is 19.6 Å². The van der Waals surface area contributed by atoms with Crippen molar-refractivity contribution in [1.29, 1.82) is 0 Å². The number of benzene rings is 1. The molecule has 0 aliphatic rings. The summed E-state index contributed by atoms with van der Waals surface area (Å²) in [6, 6.07) is 7.61. The molecule has 0 bridgehead atoms. The van der Waals surface area contributed by atoms with Gasteiger partial charge in [0.2, 0.25) is 5.91 Å². The van der Waals surface area contributed by atoms with Crippen LogP contribution in [0.25, 0.3) is 0 Å². The summed E-state index contributed by atoms with van der Waals surface area (Å²) in [5, 5.41) is 6.08. The third kappa shape index (κ3) is 7.18. The number of rotatable bonds is 9. The Morgan fingerprint density at radius 2 is 2.05 bits per heavy atom. The number of carbonyl (C=O) groups excluding carboxylic acids is 1. The van der Waals surface area contributed by atoms with Gasteiger partial charge in [0.25, 0.3) is 0 Å². The van der Waals surface area contributed by atoms with Crippen molar-refractivity contribution in [1.82, 2.24) is 10.6 Å².